The van der Waals surface area contributed by atoms with Gasteiger partial charge in [0, 0.05) is 17.4 Å². The molecular formula is C13H12BrNO5. The number of benzene rings is 1. The number of carboxylic acid groups (broad SMARTS) is 2. The van der Waals surface area contributed by atoms with Crippen molar-refractivity contribution >= 4 is 39.5 Å². The van der Waals surface area contributed by atoms with Crippen molar-refractivity contribution in [3.8, 4) is 0 Å². The van der Waals surface area contributed by atoms with E-state index in [4.69, 9.17) is 5.11 Å². The highest BCUT2D eigenvalue weighted by atomic mass is 79.9. The fourth-order valence-electron chi connectivity index (χ4n) is 2.35. The summed E-state index contributed by atoms with van der Waals surface area (Å²) in [5, 5.41) is 18.2. The van der Waals surface area contributed by atoms with Crippen molar-refractivity contribution in [2.75, 3.05) is 11.4 Å². The van der Waals surface area contributed by atoms with E-state index in [1.54, 1.807) is 13.0 Å². The molecule has 1 heterocycles. The van der Waals surface area contributed by atoms with Crippen molar-refractivity contribution < 1.29 is 24.6 Å². The van der Waals surface area contributed by atoms with Crippen LogP contribution in [0.25, 0.3) is 0 Å². The van der Waals surface area contributed by atoms with Gasteiger partial charge in [-0.25, -0.2) is 4.79 Å². The number of aryl methyl sites for hydroxylation is 1. The number of aromatic carboxylic acids is 1. The summed E-state index contributed by atoms with van der Waals surface area (Å²) in [6.07, 6.45) is -0.107. The first kappa shape index (κ1) is 14.5. The minimum absolute atomic E-state index is 0.00306. The molecule has 1 unspecified atom stereocenters. The molecule has 0 saturated carbocycles. The molecule has 0 aliphatic carbocycles. The standard InChI is InChI=1S/C13H12BrNO5/c1-6-2-8(14)4-9(13(19)20)11(6)15-5-7(12(17)18)3-10(15)16/h2,4,7H,3,5H2,1H3,(H,17,18)(H,19,20). The maximum Gasteiger partial charge on any atom is 0.337 e. The van der Waals surface area contributed by atoms with Crippen LogP contribution in [-0.2, 0) is 9.59 Å². The lowest BCUT2D eigenvalue weighted by molar-refractivity contribution is -0.141. The Kier molecular flexibility index (Phi) is 3.80. The molecule has 1 atom stereocenters. The average Bonchev–Trinajstić information content (AvgIpc) is 2.70. The molecule has 1 aliphatic heterocycles. The summed E-state index contributed by atoms with van der Waals surface area (Å²) in [6.45, 7) is 1.69. The summed E-state index contributed by atoms with van der Waals surface area (Å²) in [6, 6.07) is 3.11. The Bertz CT molecular complexity index is 613. The van der Waals surface area contributed by atoms with Crippen LogP contribution in [0.15, 0.2) is 16.6 Å². The van der Waals surface area contributed by atoms with Crippen LogP contribution in [0.3, 0.4) is 0 Å². The number of anilines is 1. The number of carboxylic acids is 2. The number of amides is 1. The van der Waals surface area contributed by atoms with Crippen LogP contribution in [0, 0.1) is 12.8 Å². The Morgan fingerprint density at radius 2 is 2.00 bits per heavy atom. The summed E-state index contributed by atoms with van der Waals surface area (Å²) < 4.78 is 0.595. The van der Waals surface area contributed by atoms with E-state index in [-0.39, 0.29) is 30.1 Å². The van der Waals surface area contributed by atoms with Crippen LogP contribution in [0.4, 0.5) is 5.69 Å². The number of nitrogens with zero attached hydrogens (tertiary/aromatic N) is 1. The number of rotatable bonds is 3. The van der Waals surface area contributed by atoms with Crippen LogP contribution in [0.1, 0.15) is 22.3 Å². The highest BCUT2D eigenvalue weighted by molar-refractivity contribution is 9.10. The molecule has 0 spiro atoms. The third-order valence-corrected chi connectivity index (χ3v) is 3.70. The number of carbonyl (C=O) groups excluding carboxylic acids is 1. The van der Waals surface area contributed by atoms with Crippen molar-refractivity contribution in [2.24, 2.45) is 5.92 Å². The Balaban J connectivity index is 2.50. The summed E-state index contributed by atoms with van der Waals surface area (Å²) in [7, 11) is 0. The number of halogens is 1. The van der Waals surface area contributed by atoms with E-state index in [2.05, 4.69) is 15.9 Å². The summed E-state index contributed by atoms with van der Waals surface area (Å²) in [5.41, 5.74) is 0.863. The first-order valence-electron chi connectivity index (χ1n) is 5.88. The fourth-order valence-corrected chi connectivity index (χ4v) is 2.92. The third kappa shape index (κ3) is 2.53. The first-order valence-corrected chi connectivity index (χ1v) is 6.67. The van der Waals surface area contributed by atoms with Crippen molar-refractivity contribution in [1.29, 1.82) is 0 Å². The molecule has 1 saturated heterocycles. The Morgan fingerprint density at radius 3 is 2.50 bits per heavy atom. The van der Waals surface area contributed by atoms with Crippen molar-refractivity contribution in [3.63, 3.8) is 0 Å². The van der Waals surface area contributed by atoms with Crippen LogP contribution in [-0.4, -0.2) is 34.6 Å². The van der Waals surface area contributed by atoms with Gasteiger partial charge < -0.3 is 15.1 Å². The van der Waals surface area contributed by atoms with Gasteiger partial charge in [-0.05, 0) is 24.6 Å². The van der Waals surface area contributed by atoms with E-state index in [0.717, 1.165) is 0 Å². The van der Waals surface area contributed by atoms with Gasteiger partial charge in [-0.3, -0.25) is 9.59 Å². The van der Waals surface area contributed by atoms with E-state index in [9.17, 15) is 19.5 Å². The smallest absolute Gasteiger partial charge is 0.337 e. The molecule has 1 fully saturated rings. The van der Waals surface area contributed by atoms with Crippen LogP contribution in [0.2, 0.25) is 0 Å². The van der Waals surface area contributed by atoms with Gasteiger partial charge in [-0.15, -0.1) is 0 Å². The minimum atomic E-state index is -1.16. The van der Waals surface area contributed by atoms with Gasteiger partial charge in [0.2, 0.25) is 5.91 Å². The van der Waals surface area contributed by atoms with Crippen molar-refractivity contribution in [3.05, 3.63) is 27.7 Å². The second-order valence-electron chi connectivity index (χ2n) is 4.67. The van der Waals surface area contributed by atoms with Crippen LogP contribution >= 0.6 is 15.9 Å². The van der Waals surface area contributed by atoms with Gasteiger partial charge in [-0.1, -0.05) is 15.9 Å². The molecule has 1 amide bonds. The molecule has 0 radical (unpaired) electrons. The van der Waals surface area contributed by atoms with E-state index < -0.39 is 17.9 Å². The lowest BCUT2D eigenvalue weighted by Crippen LogP contribution is -2.28. The minimum Gasteiger partial charge on any atom is -0.481 e. The second kappa shape index (κ2) is 5.24. The zero-order valence-electron chi connectivity index (χ0n) is 10.6. The molecule has 7 heteroatoms. The summed E-state index contributed by atoms with van der Waals surface area (Å²) in [5.74, 6) is -3.37. The van der Waals surface area contributed by atoms with Crippen LogP contribution < -0.4 is 4.90 Å². The van der Waals surface area contributed by atoms with Crippen molar-refractivity contribution in [2.45, 2.75) is 13.3 Å². The van der Waals surface area contributed by atoms with Gasteiger partial charge in [0.1, 0.15) is 0 Å². The second-order valence-corrected chi connectivity index (χ2v) is 5.58. The molecule has 1 aliphatic rings. The van der Waals surface area contributed by atoms with Gasteiger partial charge in [0.05, 0.1) is 17.2 Å². The maximum absolute atomic E-state index is 12.0. The Hall–Kier alpha value is -1.89. The normalized spacial score (nSPS) is 18.4. The topological polar surface area (TPSA) is 94.9 Å². The molecule has 0 aromatic heterocycles. The summed E-state index contributed by atoms with van der Waals surface area (Å²) in [4.78, 5) is 35.5. The summed E-state index contributed by atoms with van der Waals surface area (Å²) >= 11 is 3.21. The molecule has 1 aromatic carbocycles. The Morgan fingerprint density at radius 1 is 1.35 bits per heavy atom. The van der Waals surface area contributed by atoms with E-state index >= 15 is 0 Å². The van der Waals surface area contributed by atoms with Gasteiger partial charge in [0.25, 0.3) is 0 Å². The molecule has 1 aromatic rings. The quantitative estimate of drug-likeness (QED) is 0.875. The SMILES string of the molecule is Cc1cc(Br)cc(C(=O)O)c1N1CC(C(=O)O)CC1=O. The van der Waals surface area contributed by atoms with Gasteiger partial charge >= 0.3 is 11.9 Å². The monoisotopic (exact) mass is 341 g/mol. The van der Waals surface area contributed by atoms with Gasteiger partial charge in [-0.2, -0.15) is 0 Å². The fraction of sp³-hybridized carbons (Fsp3) is 0.308. The largest absolute Gasteiger partial charge is 0.481 e. The highest BCUT2D eigenvalue weighted by Crippen LogP contribution is 2.33. The molecule has 20 heavy (non-hydrogen) atoms. The number of carbonyl (C=O) groups is 3. The molecule has 6 nitrogen and oxygen atoms in total. The lowest BCUT2D eigenvalue weighted by Gasteiger charge is -2.21. The van der Waals surface area contributed by atoms with E-state index in [1.165, 1.54) is 11.0 Å². The zero-order valence-corrected chi connectivity index (χ0v) is 12.2. The molecular weight excluding hydrogens is 330 g/mol. The van der Waals surface area contributed by atoms with E-state index in [0.29, 0.717) is 10.0 Å². The Labute approximate surface area is 123 Å². The first-order chi connectivity index (χ1) is 9.31. The average molecular weight is 342 g/mol. The zero-order chi connectivity index (χ0) is 15.0. The molecule has 2 rings (SSSR count). The third-order valence-electron chi connectivity index (χ3n) is 3.24. The van der Waals surface area contributed by atoms with E-state index in [1.807, 2.05) is 0 Å². The van der Waals surface area contributed by atoms with Crippen molar-refractivity contribution in [1.82, 2.24) is 0 Å². The lowest BCUT2D eigenvalue weighted by atomic mass is 10.1. The number of hydrogen-bond acceptors (Lipinski definition) is 3. The number of hydrogen-bond donors (Lipinski definition) is 2. The number of aliphatic carboxylic acids is 1. The molecule has 106 valence electrons. The van der Waals surface area contributed by atoms with Crippen LogP contribution in [0.5, 0.6) is 0 Å². The molecule has 2 N–H and O–H groups in total. The predicted molar refractivity (Wildman–Crippen MR) is 73.9 cm³/mol. The highest BCUT2D eigenvalue weighted by Gasteiger charge is 2.37. The maximum atomic E-state index is 12.0. The molecule has 0 bridgehead atoms. The van der Waals surface area contributed by atoms with Gasteiger partial charge in [0.15, 0.2) is 0 Å². The predicted octanol–water partition coefficient (Wildman–Crippen LogP) is 1.89.